The Bertz CT molecular complexity index is 1120. The number of aromatic amines is 1. The van der Waals surface area contributed by atoms with Crippen molar-refractivity contribution in [2.45, 2.75) is 18.4 Å². The van der Waals surface area contributed by atoms with Gasteiger partial charge in [-0.2, -0.15) is 0 Å². The second kappa shape index (κ2) is 9.31. The number of carboxylic acids is 1. The Morgan fingerprint density at radius 3 is 2.63 bits per heavy atom. The first-order valence-electron chi connectivity index (χ1n) is 8.93. The summed E-state index contributed by atoms with van der Waals surface area (Å²) in [6.07, 6.45) is 0.120. The highest BCUT2D eigenvalue weighted by Crippen LogP contribution is 2.19. The number of aromatic nitrogens is 2. The molecule has 30 heavy (non-hydrogen) atoms. The normalized spacial score (nSPS) is 10.6. The van der Waals surface area contributed by atoms with E-state index in [1.165, 1.54) is 28.6 Å². The van der Waals surface area contributed by atoms with Crippen LogP contribution in [0.2, 0.25) is 0 Å². The summed E-state index contributed by atoms with van der Waals surface area (Å²) in [4.78, 5) is 35.4. The lowest BCUT2D eigenvalue weighted by atomic mass is 10.1. The molecule has 9 nitrogen and oxygen atoms in total. The van der Waals surface area contributed by atoms with E-state index in [-0.39, 0.29) is 17.9 Å². The molecule has 0 aliphatic heterocycles. The van der Waals surface area contributed by atoms with Crippen LogP contribution in [0.5, 0.6) is 5.75 Å². The number of carbonyl (C=O) groups is 2. The highest BCUT2D eigenvalue weighted by Gasteiger charge is 2.24. The third kappa shape index (κ3) is 4.90. The van der Waals surface area contributed by atoms with Crippen LogP contribution in [0.15, 0.2) is 56.8 Å². The van der Waals surface area contributed by atoms with Crippen molar-refractivity contribution < 1.29 is 28.6 Å². The van der Waals surface area contributed by atoms with Crippen LogP contribution in [0, 0.1) is 6.92 Å². The maximum atomic E-state index is 12.3. The Labute approximate surface area is 175 Å². The number of aromatic carboxylic acids is 1. The topological polar surface area (TPSA) is 126 Å². The number of thioether (sulfide) groups is 1. The Hall–Kier alpha value is -3.53. The summed E-state index contributed by atoms with van der Waals surface area (Å²) in [5.74, 6) is -0.354. The lowest BCUT2D eigenvalue weighted by Gasteiger charge is -2.09. The number of H-pyrrole nitrogens is 1. The first kappa shape index (κ1) is 21.2. The van der Waals surface area contributed by atoms with E-state index in [0.717, 1.165) is 5.56 Å². The summed E-state index contributed by atoms with van der Waals surface area (Å²) in [7, 11) is 1.56. The van der Waals surface area contributed by atoms with Crippen molar-refractivity contribution >= 4 is 29.3 Å². The van der Waals surface area contributed by atoms with Gasteiger partial charge in [0.2, 0.25) is 11.6 Å². The van der Waals surface area contributed by atoms with E-state index in [9.17, 15) is 14.4 Å². The number of rotatable bonds is 8. The van der Waals surface area contributed by atoms with Crippen LogP contribution >= 0.6 is 11.8 Å². The SMILES string of the molecule is COc1ccc(-[n+]2[nH]oc(=O)c2SCCC(=O)Nc2cc(C(=O)O)ccc2C)cc1. The van der Waals surface area contributed by atoms with Crippen LogP contribution < -0.4 is 20.4 Å². The summed E-state index contributed by atoms with van der Waals surface area (Å²) < 4.78 is 11.5. The number of hydrogen-bond acceptors (Lipinski definition) is 6. The molecule has 156 valence electrons. The highest BCUT2D eigenvalue weighted by molar-refractivity contribution is 7.99. The molecule has 3 rings (SSSR count). The second-order valence-corrected chi connectivity index (χ2v) is 7.38. The minimum Gasteiger partial charge on any atom is -0.497 e. The van der Waals surface area contributed by atoms with Crippen LogP contribution in [0.4, 0.5) is 5.69 Å². The van der Waals surface area contributed by atoms with Crippen molar-refractivity contribution in [1.82, 2.24) is 5.27 Å². The van der Waals surface area contributed by atoms with Gasteiger partial charge in [-0.25, -0.2) is 9.59 Å². The fourth-order valence-corrected chi connectivity index (χ4v) is 3.54. The van der Waals surface area contributed by atoms with Crippen molar-refractivity contribution in [3.8, 4) is 11.4 Å². The van der Waals surface area contributed by atoms with Gasteiger partial charge in [0.25, 0.3) is 0 Å². The van der Waals surface area contributed by atoms with Gasteiger partial charge in [-0.3, -0.25) is 9.32 Å². The predicted octanol–water partition coefficient (Wildman–Crippen LogP) is 2.38. The molecule has 0 fully saturated rings. The Kier molecular flexibility index (Phi) is 6.58. The highest BCUT2D eigenvalue weighted by atomic mass is 32.2. The largest absolute Gasteiger partial charge is 0.497 e. The van der Waals surface area contributed by atoms with Gasteiger partial charge >= 0.3 is 16.6 Å². The van der Waals surface area contributed by atoms with Gasteiger partial charge in [0, 0.05) is 30.0 Å². The molecule has 0 saturated heterocycles. The average Bonchev–Trinajstić information content (AvgIpc) is 3.10. The summed E-state index contributed by atoms with van der Waals surface area (Å²) in [6, 6.07) is 11.6. The molecule has 1 aromatic heterocycles. The van der Waals surface area contributed by atoms with Crippen molar-refractivity contribution in [1.29, 1.82) is 0 Å². The van der Waals surface area contributed by atoms with Gasteiger partial charge in [-0.05, 0) is 58.5 Å². The smallest absolute Gasteiger partial charge is 0.442 e. The monoisotopic (exact) mass is 430 g/mol. The molecule has 0 unspecified atom stereocenters. The van der Waals surface area contributed by atoms with Crippen molar-refractivity contribution in [2.24, 2.45) is 0 Å². The number of anilines is 1. The summed E-state index contributed by atoms with van der Waals surface area (Å²) in [5, 5.41) is 14.6. The number of ether oxygens (including phenoxy) is 1. The Morgan fingerprint density at radius 1 is 1.23 bits per heavy atom. The van der Waals surface area contributed by atoms with Gasteiger partial charge in [0.05, 0.1) is 12.7 Å². The van der Waals surface area contributed by atoms with Crippen LogP contribution in [0.1, 0.15) is 22.3 Å². The van der Waals surface area contributed by atoms with Gasteiger partial charge in [0.1, 0.15) is 5.75 Å². The zero-order chi connectivity index (χ0) is 21.7. The van der Waals surface area contributed by atoms with E-state index < -0.39 is 11.6 Å². The van der Waals surface area contributed by atoms with Crippen LogP contribution in [-0.2, 0) is 4.79 Å². The average molecular weight is 430 g/mol. The Morgan fingerprint density at radius 2 is 1.97 bits per heavy atom. The number of nitrogens with one attached hydrogen (secondary N) is 2. The minimum absolute atomic E-state index is 0.0933. The van der Waals surface area contributed by atoms with E-state index in [2.05, 4.69) is 10.6 Å². The van der Waals surface area contributed by atoms with E-state index in [1.54, 1.807) is 44.4 Å². The molecule has 10 heteroatoms. The molecule has 0 bridgehead atoms. The summed E-state index contributed by atoms with van der Waals surface area (Å²) in [6.45, 7) is 1.78. The van der Waals surface area contributed by atoms with Crippen LogP contribution in [-0.4, -0.2) is 35.1 Å². The fraction of sp³-hybridized carbons (Fsp3) is 0.200. The quantitative estimate of drug-likeness (QED) is 0.370. The van der Waals surface area contributed by atoms with Crippen molar-refractivity contribution in [2.75, 3.05) is 18.2 Å². The number of hydrogen-bond donors (Lipinski definition) is 3. The molecular weight excluding hydrogens is 410 g/mol. The molecule has 1 heterocycles. The predicted molar refractivity (Wildman–Crippen MR) is 110 cm³/mol. The lowest BCUT2D eigenvalue weighted by molar-refractivity contribution is -0.704. The zero-order valence-corrected chi connectivity index (χ0v) is 17.1. The van der Waals surface area contributed by atoms with E-state index in [4.69, 9.17) is 14.4 Å². The number of carboxylic acid groups (broad SMARTS) is 1. The van der Waals surface area contributed by atoms with Crippen LogP contribution in [0.3, 0.4) is 0 Å². The first-order valence-corrected chi connectivity index (χ1v) is 9.92. The molecule has 0 atom stereocenters. The van der Waals surface area contributed by atoms with E-state index in [1.807, 2.05) is 0 Å². The molecule has 0 saturated carbocycles. The number of methoxy groups -OCH3 is 1. The maximum absolute atomic E-state index is 12.3. The fourth-order valence-electron chi connectivity index (χ4n) is 2.63. The molecule has 0 spiro atoms. The standard InChI is InChI=1S/C20H19N3O6S/c1-12-3-4-13(19(25)26)11-16(12)21-17(24)9-10-30-18-20(27)29-22-23(18)14-5-7-15(28-2)8-6-14/h3-8,11H,9-10H2,1-2H3,(H2-,21,22,24,25,26,27)/p+1. The molecular formula is C20H20N3O6S+. The van der Waals surface area contributed by atoms with Crippen LogP contribution in [0.25, 0.3) is 5.69 Å². The van der Waals surface area contributed by atoms with Crippen molar-refractivity contribution in [3.05, 3.63) is 64.0 Å². The minimum atomic E-state index is -1.07. The third-order valence-electron chi connectivity index (χ3n) is 4.26. The first-order chi connectivity index (χ1) is 14.4. The number of amides is 1. The van der Waals surface area contributed by atoms with Crippen molar-refractivity contribution in [3.63, 3.8) is 0 Å². The summed E-state index contributed by atoms with van der Waals surface area (Å²) in [5.41, 5.74) is 1.43. The number of aryl methyl sites for hydroxylation is 1. The zero-order valence-electron chi connectivity index (χ0n) is 16.3. The lowest BCUT2D eigenvalue weighted by Crippen LogP contribution is -2.36. The van der Waals surface area contributed by atoms with Gasteiger partial charge in [-0.15, -0.1) is 0 Å². The van der Waals surface area contributed by atoms with Gasteiger partial charge < -0.3 is 15.2 Å². The van der Waals surface area contributed by atoms with E-state index in [0.29, 0.717) is 27.9 Å². The van der Waals surface area contributed by atoms with E-state index >= 15 is 0 Å². The van der Waals surface area contributed by atoms with Gasteiger partial charge in [-0.1, -0.05) is 6.07 Å². The molecule has 0 aliphatic carbocycles. The molecule has 1 amide bonds. The third-order valence-corrected chi connectivity index (χ3v) is 5.30. The Balaban J connectivity index is 1.64. The van der Waals surface area contributed by atoms with Gasteiger partial charge in [0.15, 0.2) is 0 Å². The number of nitrogens with zero attached hydrogens (tertiary/aromatic N) is 1. The molecule has 3 N–H and O–H groups in total. The maximum Gasteiger partial charge on any atom is 0.442 e. The molecule has 3 aromatic rings. The molecule has 0 radical (unpaired) electrons. The molecule has 2 aromatic carbocycles. The summed E-state index contributed by atoms with van der Waals surface area (Å²) >= 11 is 1.18. The number of benzene rings is 2. The second-order valence-electron chi connectivity index (χ2n) is 6.30. The number of carbonyl (C=O) groups excluding carboxylic acids is 1. The molecule has 0 aliphatic rings.